The van der Waals surface area contributed by atoms with Crippen molar-refractivity contribution in [2.75, 3.05) is 0 Å². The zero-order chi connectivity index (χ0) is 43.2. The van der Waals surface area contributed by atoms with Gasteiger partial charge in [-0.25, -0.2) is 4.79 Å². The van der Waals surface area contributed by atoms with Gasteiger partial charge in [-0.15, -0.1) is 0 Å². The topological polar surface area (TPSA) is 73.9 Å². The van der Waals surface area contributed by atoms with Crippen LogP contribution in [0, 0.1) is 5.92 Å². The van der Waals surface area contributed by atoms with E-state index in [4.69, 9.17) is 13.6 Å². The largest absolute Gasteiger partial charge is 0.542 e. The molecule has 1 unspecified atom stereocenters. The fourth-order valence-corrected chi connectivity index (χ4v) is 19.1. The molecule has 0 saturated heterocycles. The van der Waals surface area contributed by atoms with Crippen LogP contribution in [0.2, 0.25) is 21.7 Å². The van der Waals surface area contributed by atoms with E-state index in [9.17, 15) is 9.59 Å². The Bertz CT molecular complexity index is 1850. The summed E-state index contributed by atoms with van der Waals surface area (Å²) in [7, 11) is -5.41. The Morgan fingerprint density at radius 3 is 2.02 bits per heavy atom. The predicted octanol–water partition coefficient (Wildman–Crippen LogP) is 11.8. The Morgan fingerprint density at radius 1 is 0.847 bits per heavy atom. The van der Waals surface area contributed by atoms with Gasteiger partial charge < -0.3 is 18.9 Å². The molecule has 3 aromatic carbocycles. The molecule has 3 atom stereocenters. The molecular weight excluding hydrogens is 763 g/mol. The molecule has 0 fully saturated rings. The molecule has 1 amide bonds. The van der Waals surface area contributed by atoms with Gasteiger partial charge in [-0.1, -0.05) is 185 Å². The number of hydrogen-bond donors (Lipinski definition) is 1. The summed E-state index contributed by atoms with van der Waals surface area (Å²) in [6.07, 6.45) is 17.4. The highest BCUT2D eigenvalue weighted by Crippen LogP contribution is 2.44. The van der Waals surface area contributed by atoms with E-state index in [1.807, 2.05) is 36.4 Å². The van der Waals surface area contributed by atoms with Crippen molar-refractivity contribution in [2.24, 2.45) is 5.92 Å². The standard InChI is InChI=1S/C51H71NO5Si2/c1-12-13-14-21-35-48(53)52-36-25-29-43-37-47(57-59(51(9,10)11,44-30-17-15-18-31-44)45-32-19-16-20-33-45)41(8)26-22-23-27-42-28-24-34-46(49(42)50(54)55-43)56-58(38(2)3,39(4)5)40(6)7/h13-25,28,30-36,38-41,43,47H,12,26-27,29,37H2,1-11H3,(H,52,53)/b14-13-,23-22+,35-21-,36-25+/t41-,43-,47?/m1/s1. The Kier molecular flexibility index (Phi) is 17.6. The van der Waals surface area contributed by atoms with Crippen LogP contribution >= 0.6 is 0 Å². The first-order valence-electron chi connectivity index (χ1n) is 21.8. The molecule has 0 aliphatic carbocycles. The number of fused-ring (bicyclic) bond motifs is 1. The number of carbonyl (C=O) groups excluding carboxylic acids is 2. The molecule has 1 aliphatic rings. The van der Waals surface area contributed by atoms with Crippen molar-refractivity contribution in [3.8, 4) is 5.75 Å². The number of allylic oxidation sites excluding steroid dienone is 5. The molecule has 0 bridgehead atoms. The lowest BCUT2D eigenvalue weighted by Crippen LogP contribution is -2.68. The monoisotopic (exact) mass is 833 g/mol. The number of amides is 1. The van der Waals surface area contributed by atoms with Gasteiger partial charge >= 0.3 is 5.97 Å². The normalized spacial score (nSPS) is 19.2. The van der Waals surface area contributed by atoms with Crippen LogP contribution in [0.1, 0.15) is 118 Å². The summed E-state index contributed by atoms with van der Waals surface area (Å²) in [5.41, 5.74) is 2.37. The highest BCUT2D eigenvalue weighted by molar-refractivity contribution is 6.99. The second-order valence-corrected chi connectivity index (χ2v) is 27.7. The molecule has 318 valence electrons. The molecule has 0 spiro atoms. The van der Waals surface area contributed by atoms with E-state index in [-0.39, 0.29) is 23.0 Å². The lowest BCUT2D eigenvalue weighted by atomic mass is 9.93. The molecule has 59 heavy (non-hydrogen) atoms. The van der Waals surface area contributed by atoms with E-state index >= 15 is 0 Å². The van der Waals surface area contributed by atoms with Gasteiger partial charge in [0, 0.05) is 25.1 Å². The van der Waals surface area contributed by atoms with Crippen molar-refractivity contribution in [1.29, 1.82) is 0 Å². The fourth-order valence-electron chi connectivity index (χ4n) is 9.02. The van der Waals surface area contributed by atoms with Crippen molar-refractivity contribution in [3.05, 3.63) is 139 Å². The summed E-state index contributed by atoms with van der Waals surface area (Å²) < 4.78 is 21.8. The molecule has 6 nitrogen and oxygen atoms in total. The minimum atomic E-state index is -2.98. The van der Waals surface area contributed by atoms with Crippen molar-refractivity contribution >= 4 is 38.9 Å². The molecular formula is C51H71NO5Si2. The molecule has 0 saturated carbocycles. The van der Waals surface area contributed by atoms with E-state index in [2.05, 4.69) is 154 Å². The molecule has 0 aromatic heterocycles. The highest BCUT2D eigenvalue weighted by Gasteiger charge is 2.52. The van der Waals surface area contributed by atoms with Crippen molar-refractivity contribution in [2.45, 2.75) is 142 Å². The Balaban J connectivity index is 1.84. The van der Waals surface area contributed by atoms with Crippen LogP contribution in [-0.2, 0) is 20.4 Å². The van der Waals surface area contributed by atoms with E-state index < -0.39 is 28.7 Å². The molecule has 3 aromatic rings. The maximum atomic E-state index is 14.9. The lowest BCUT2D eigenvalue weighted by molar-refractivity contribution is -0.115. The third-order valence-electron chi connectivity index (χ3n) is 11.9. The third kappa shape index (κ3) is 11.7. The first-order valence-corrected chi connectivity index (χ1v) is 25.9. The van der Waals surface area contributed by atoms with Gasteiger partial charge in [-0.05, 0) is 68.8 Å². The third-order valence-corrected chi connectivity index (χ3v) is 23.0. The first kappa shape index (κ1) is 47.4. The maximum absolute atomic E-state index is 14.9. The number of carbonyl (C=O) groups is 2. The van der Waals surface area contributed by atoms with Gasteiger partial charge in [-0.3, -0.25) is 4.79 Å². The minimum Gasteiger partial charge on any atom is -0.542 e. The average Bonchev–Trinajstić information content (AvgIpc) is 3.19. The highest BCUT2D eigenvalue weighted by atomic mass is 28.4. The molecule has 4 rings (SSSR count). The summed E-state index contributed by atoms with van der Waals surface area (Å²) in [6.45, 7) is 24.7. The summed E-state index contributed by atoms with van der Waals surface area (Å²) >= 11 is 0. The van der Waals surface area contributed by atoms with Crippen LogP contribution in [0.3, 0.4) is 0 Å². The van der Waals surface area contributed by atoms with E-state index in [0.29, 0.717) is 47.2 Å². The number of cyclic esters (lactones) is 1. The predicted molar refractivity (Wildman–Crippen MR) is 252 cm³/mol. The number of hydrogen-bond acceptors (Lipinski definition) is 5. The molecule has 1 aliphatic heterocycles. The summed E-state index contributed by atoms with van der Waals surface area (Å²) in [5, 5.41) is 5.02. The van der Waals surface area contributed by atoms with Crippen LogP contribution in [0.5, 0.6) is 5.75 Å². The number of benzene rings is 3. The molecule has 1 heterocycles. The van der Waals surface area contributed by atoms with Gasteiger partial charge in [0.2, 0.25) is 5.91 Å². The lowest BCUT2D eigenvalue weighted by Gasteiger charge is -2.46. The van der Waals surface area contributed by atoms with E-state index in [0.717, 1.165) is 18.4 Å². The SMILES string of the molecule is CC/C=C\C=C/C(=O)N/C=C/C[C@@H]1CC(O[Si](c2ccccc2)(c2ccccc2)C(C)(C)C)[C@H](C)C/C=C/Cc2cccc(O[Si](C(C)C)(C(C)C)C(C)C)c2C(=O)O1. The second kappa shape index (κ2) is 21.8. The molecule has 8 heteroatoms. The molecule has 0 radical (unpaired) electrons. The number of rotatable bonds is 15. The van der Waals surface area contributed by atoms with Crippen LogP contribution in [0.15, 0.2) is 128 Å². The Morgan fingerprint density at radius 2 is 1.46 bits per heavy atom. The summed E-state index contributed by atoms with van der Waals surface area (Å²) in [6, 6.07) is 27.4. The van der Waals surface area contributed by atoms with Crippen molar-refractivity contribution in [3.63, 3.8) is 0 Å². The van der Waals surface area contributed by atoms with E-state index in [1.54, 1.807) is 12.3 Å². The fraction of sp³-hybridized carbons (Fsp3) is 0.451. The zero-order valence-corrected chi connectivity index (χ0v) is 39.7. The number of nitrogens with one attached hydrogen (secondary N) is 1. The summed E-state index contributed by atoms with van der Waals surface area (Å²) in [5.74, 6) is 0.0885. The van der Waals surface area contributed by atoms with Gasteiger partial charge in [-0.2, -0.15) is 0 Å². The quantitative estimate of drug-likeness (QED) is 0.0543. The van der Waals surface area contributed by atoms with Crippen LogP contribution in [-0.4, -0.2) is 40.7 Å². The van der Waals surface area contributed by atoms with Crippen molar-refractivity contribution in [1.82, 2.24) is 5.32 Å². The van der Waals surface area contributed by atoms with Crippen LogP contribution in [0.25, 0.3) is 0 Å². The zero-order valence-electron chi connectivity index (χ0n) is 37.7. The van der Waals surface area contributed by atoms with Gasteiger partial charge in [0.05, 0.1) is 6.10 Å². The van der Waals surface area contributed by atoms with E-state index in [1.165, 1.54) is 16.4 Å². The number of ether oxygens (including phenoxy) is 1. The Hall–Kier alpha value is -4.25. The van der Waals surface area contributed by atoms with Crippen molar-refractivity contribution < 1.29 is 23.2 Å². The Labute approximate surface area is 358 Å². The average molecular weight is 834 g/mol. The van der Waals surface area contributed by atoms with Gasteiger partial charge in [0.1, 0.15) is 17.4 Å². The molecule has 1 N–H and O–H groups in total. The smallest absolute Gasteiger partial charge is 0.342 e. The summed E-state index contributed by atoms with van der Waals surface area (Å²) in [4.78, 5) is 27.5. The van der Waals surface area contributed by atoms with Gasteiger partial charge in [0.25, 0.3) is 16.6 Å². The van der Waals surface area contributed by atoms with Gasteiger partial charge in [0.15, 0.2) is 0 Å². The maximum Gasteiger partial charge on any atom is 0.342 e. The minimum absolute atomic E-state index is 0.0994. The first-order chi connectivity index (χ1) is 28.1. The van der Waals surface area contributed by atoms with Crippen LogP contribution < -0.4 is 20.1 Å². The second-order valence-electron chi connectivity index (χ2n) is 18.0. The number of esters is 1. The van der Waals surface area contributed by atoms with Crippen LogP contribution in [0.4, 0.5) is 0 Å².